The number of benzene rings is 1. The quantitative estimate of drug-likeness (QED) is 0.867. The summed E-state index contributed by atoms with van der Waals surface area (Å²) in [6.45, 7) is 5.60. The Labute approximate surface area is 133 Å². The number of amides is 3. The highest BCUT2D eigenvalue weighted by Gasteiger charge is 2.38. The molecule has 0 saturated heterocycles. The molecule has 1 aliphatic rings. The lowest BCUT2D eigenvalue weighted by molar-refractivity contribution is -0.137. The Morgan fingerprint density at radius 3 is 2.27 bits per heavy atom. The van der Waals surface area contributed by atoms with Gasteiger partial charge in [0.1, 0.15) is 5.03 Å². The Morgan fingerprint density at radius 2 is 1.77 bits per heavy atom. The molecule has 0 fully saturated rings. The number of anilines is 1. The van der Waals surface area contributed by atoms with Crippen LogP contribution < -0.4 is 5.32 Å². The zero-order chi connectivity index (χ0) is 16.4. The molecule has 1 aliphatic heterocycles. The Kier molecular flexibility index (Phi) is 4.66. The molecule has 0 spiro atoms. The SMILES string of the molecule is CC(=O)Nc1ccc(C2=C(Cl)C(=O)N(CC(C)C)C2=O)cc1. The third-order valence-corrected chi connectivity index (χ3v) is 3.50. The van der Waals surface area contributed by atoms with Crippen molar-refractivity contribution in [1.82, 2.24) is 4.90 Å². The molecular weight excluding hydrogens is 304 g/mol. The van der Waals surface area contributed by atoms with E-state index in [1.165, 1.54) is 11.8 Å². The van der Waals surface area contributed by atoms with Crippen LogP contribution in [0.3, 0.4) is 0 Å². The Morgan fingerprint density at radius 1 is 1.18 bits per heavy atom. The van der Waals surface area contributed by atoms with Crippen LogP contribution in [-0.4, -0.2) is 29.2 Å². The average Bonchev–Trinajstić information content (AvgIpc) is 2.63. The minimum absolute atomic E-state index is 0.0575. The number of nitrogens with one attached hydrogen (secondary N) is 1. The molecule has 1 aromatic rings. The molecule has 0 radical (unpaired) electrons. The van der Waals surface area contributed by atoms with E-state index in [1.807, 2.05) is 13.8 Å². The van der Waals surface area contributed by atoms with Gasteiger partial charge in [0.15, 0.2) is 0 Å². The first-order chi connectivity index (χ1) is 10.3. The Bertz CT molecular complexity index is 662. The number of rotatable bonds is 4. The zero-order valence-corrected chi connectivity index (χ0v) is 13.4. The molecule has 1 N–H and O–H groups in total. The van der Waals surface area contributed by atoms with Crippen LogP contribution in [0.2, 0.25) is 0 Å². The topological polar surface area (TPSA) is 66.5 Å². The van der Waals surface area contributed by atoms with Crippen LogP contribution in [0.1, 0.15) is 26.3 Å². The van der Waals surface area contributed by atoms with Crippen molar-refractivity contribution in [2.45, 2.75) is 20.8 Å². The fourth-order valence-corrected chi connectivity index (χ4v) is 2.54. The molecular formula is C16H17ClN2O3. The maximum Gasteiger partial charge on any atom is 0.273 e. The van der Waals surface area contributed by atoms with Crippen LogP contribution >= 0.6 is 11.6 Å². The van der Waals surface area contributed by atoms with Gasteiger partial charge in [-0.15, -0.1) is 0 Å². The minimum atomic E-state index is -0.457. The van der Waals surface area contributed by atoms with E-state index in [4.69, 9.17) is 11.6 Å². The third-order valence-electron chi connectivity index (χ3n) is 3.15. The van der Waals surface area contributed by atoms with Crippen LogP contribution in [0.5, 0.6) is 0 Å². The van der Waals surface area contributed by atoms with Gasteiger partial charge in [-0.05, 0) is 23.6 Å². The van der Waals surface area contributed by atoms with Gasteiger partial charge in [0.2, 0.25) is 5.91 Å². The molecule has 5 nitrogen and oxygen atoms in total. The van der Waals surface area contributed by atoms with Gasteiger partial charge in [0.25, 0.3) is 11.8 Å². The monoisotopic (exact) mass is 320 g/mol. The van der Waals surface area contributed by atoms with Crippen molar-refractivity contribution in [2.75, 3.05) is 11.9 Å². The molecule has 1 aromatic carbocycles. The summed E-state index contributed by atoms with van der Waals surface area (Å²) in [5, 5.41) is 2.58. The highest BCUT2D eigenvalue weighted by atomic mass is 35.5. The number of hydrogen-bond acceptors (Lipinski definition) is 3. The van der Waals surface area contributed by atoms with Gasteiger partial charge in [-0.1, -0.05) is 37.6 Å². The van der Waals surface area contributed by atoms with E-state index in [0.717, 1.165) is 0 Å². The summed E-state index contributed by atoms with van der Waals surface area (Å²) >= 11 is 6.06. The molecule has 2 rings (SSSR count). The maximum absolute atomic E-state index is 12.4. The molecule has 116 valence electrons. The van der Waals surface area contributed by atoms with E-state index in [9.17, 15) is 14.4 Å². The fourth-order valence-electron chi connectivity index (χ4n) is 2.25. The van der Waals surface area contributed by atoms with Crippen molar-refractivity contribution in [2.24, 2.45) is 5.92 Å². The maximum atomic E-state index is 12.4. The summed E-state index contributed by atoms with van der Waals surface area (Å²) in [6.07, 6.45) is 0. The van der Waals surface area contributed by atoms with Crippen molar-refractivity contribution in [1.29, 1.82) is 0 Å². The van der Waals surface area contributed by atoms with Gasteiger partial charge in [-0.2, -0.15) is 0 Å². The van der Waals surface area contributed by atoms with E-state index < -0.39 is 5.91 Å². The molecule has 1 heterocycles. The minimum Gasteiger partial charge on any atom is -0.326 e. The normalized spacial score (nSPS) is 15.0. The number of carbonyl (C=O) groups is 3. The van der Waals surface area contributed by atoms with E-state index in [1.54, 1.807) is 24.3 Å². The summed E-state index contributed by atoms with van der Waals surface area (Å²) in [7, 11) is 0. The summed E-state index contributed by atoms with van der Waals surface area (Å²) in [5.41, 5.74) is 1.38. The predicted molar refractivity (Wildman–Crippen MR) is 85.1 cm³/mol. The van der Waals surface area contributed by atoms with Crippen LogP contribution in [-0.2, 0) is 14.4 Å². The zero-order valence-electron chi connectivity index (χ0n) is 12.6. The van der Waals surface area contributed by atoms with E-state index in [0.29, 0.717) is 17.8 Å². The van der Waals surface area contributed by atoms with Gasteiger partial charge in [0, 0.05) is 19.2 Å². The second kappa shape index (κ2) is 6.32. The Hall–Kier alpha value is -2.14. The largest absolute Gasteiger partial charge is 0.326 e. The first-order valence-electron chi connectivity index (χ1n) is 6.95. The lowest BCUT2D eigenvalue weighted by Gasteiger charge is -2.17. The van der Waals surface area contributed by atoms with Crippen LogP contribution in [0, 0.1) is 5.92 Å². The molecule has 0 unspecified atom stereocenters. The van der Waals surface area contributed by atoms with Gasteiger partial charge >= 0.3 is 0 Å². The van der Waals surface area contributed by atoms with Crippen molar-refractivity contribution in [3.63, 3.8) is 0 Å². The summed E-state index contributed by atoms with van der Waals surface area (Å²) in [5.74, 6) is -0.851. The summed E-state index contributed by atoms with van der Waals surface area (Å²) < 4.78 is 0. The first-order valence-corrected chi connectivity index (χ1v) is 7.33. The van der Waals surface area contributed by atoms with Gasteiger partial charge in [0.05, 0.1) is 5.57 Å². The standard InChI is InChI=1S/C16H17ClN2O3/c1-9(2)8-19-15(21)13(14(17)16(19)22)11-4-6-12(7-5-11)18-10(3)20/h4-7,9H,8H2,1-3H3,(H,18,20). The van der Waals surface area contributed by atoms with Gasteiger partial charge in [-0.3, -0.25) is 19.3 Å². The highest BCUT2D eigenvalue weighted by molar-refractivity contribution is 6.55. The van der Waals surface area contributed by atoms with Crippen molar-refractivity contribution in [3.05, 3.63) is 34.9 Å². The third kappa shape index (κ3) is 3.20. The van der Waals surface area contributed by atoms with Crippen molar-refractivity contribution >= 4 is 40.6 Å². The second-order valence-corrected chi connectivity index (χ2v) is 5.94. The fraction of sp³-hybridized carbons (Fsp3) is 0.312. The number of nitrogens with zero attached hydrogens (tertiary/aromatic N) is 1. The van der Waals surface area contributed by atoms with E-state index >= 15 is 0 Å². The Balaban J connectivity index is 2.29. The molecule has 0 aliphatic carbocycles. The molecule has 6 heteroatoms. The molecule has 22 heavy (non-hydrogen) atoms. The lowest BCUT2D eigenvalue weighted by atomic mass is 10.1. The summed E-state index contributed by atoms with van der Waals surface area (Å²) in [6, 6.07) is 6.65. The second-order valence-electron chi connectivity index (χ2n) is 5.56. The number of carbonyl (C=O) groups excluding carboxylic acids is 3. The van der Waals surface area contributed by atoms with Crippen molar-refractivity contribution < 1.29 is 14.4 Å². The lowest BCUT2D eigenvalue weighted by Crippen LogP contribution is -2.34. The highest BCUT2D eigenvalue weighted by Crippen LogP contribution is 2.32. The van der Waals surface area contributed by atoms with E-state index in [-0.39, 0.29) is 28.3 Å². The first kappa shape index (κ1) is 16.2. The van der Waals surface area contributed by atoms with Gasteiger partial charge in [-0.25, -0.2) is 0 Å². The number of hydrogen-bond donors (Lipinski definition) is 1. The number of halogens is 1. The smallest absolute Gasteiger partial charge is 0.273 e. The molecule has 0 aromatic heterocycles. The van der Waals surface area contributed by atoms with Crippen molar-refractivity contribution in [3.8, 4) is 0 Å². The summed E-state index contributed by atoms with van der Waals surface area (Å²) in [4.78, 5) is 36.7. The predicted octanol–water partition coefficient (Wildman–Crippen LogP) is 2.62. The molecule has 0 bridgehead atoms. The number of imide groups is 1. The van der Waals surface area contributed by atoms with E-state index in [2.05, 4.69) is 5.32 Å². The molecule has 3 amide bonds. The molecule has 0 atom stereocenters. The van der Waals surface area contributed by atoms with Crippen LogP contribution in [0.4, 0.5) is 5.69 Å². The van der Waals surface area contributed by atoms with Crippen LogP contribution in [0.15, 0.2) is 29.3 Å². The molecule has 0 saturated carbocycles. The average molecular weight is 321 g/mol. The van der Waals surface area contributed by atoms with Gasteiger partial charge < -0.3 is 5.32 Å². The van der Waals surface area contributed by atoms with Crippen LogP contribution in [0.25, 0.3) is 5.57 Å².